The average Bonchev–Trinajstić information content (AvgIpc) is 2.82. The van der Waals surface area contributed by atoms with Crippen LogP contribution in [-0.4, -0.2) is 39.5 Å². The fraction of sp³-hybridized carbons (Fsp3) is 0.417. The molecule has 0 saturated carbocycles. The summed E-state index contributed by atoms with van der Waals surface area (Å²) >= 11 is 17.6. The Morgan fingerprint density at radius 2 is 2.05 bits per heavy atom. The zero-order valence-electron chi connectivity index (χ0n) is 10.3. The van der Waals surface area contributed by atoms with Crippen molar-refractivity contribution in [3.8, 4) is 0 Å². The van der Waals surface area contributed by atoms with Crippen LogP contribution < -0.4 is 0 Å². The molecule has 5 nitrogen and oxygen atoms in total. The van der Waals surface area contributed by atoms with Crippen molar-refractivity contribution in [2.45, 2.75) is 25.3 Å². The lowest BCUT2D eigenvalue weighted by Gasteiger charge is -2.23. The van der Waals surface area contributed by atoms with Crippen molar-refractivity contribution >= 4 is 46.7 Å². The zero-order chi connectivity index (χ0) is 14.9. The maximum absolute atomic E-state index is 12.4. The summed E-state index contributed by atoms with van der Waals surface area (Å²) in [7, 11) is 0. The van der Waals surface area contributed by atoms with Crippen LogP contribution in [0, 0.1) is 0 Å². The highest BCUT2D eigenvalue weighted by Crippen LogP contribution is 2.33. The van der Waals surface area contributed by atoms with E-state index in [-0.39, 0.29) is 33.2 Å². The minimum absolute atomic E-state index is 0.00152. The van der Waals surface area contributed by atoms with Gasteiger partial charge in [-0.2, -0.15) is 0 Å². The van der Waals surface area contributed by atoms with E-state index < -0.39 is 11.9 Å². The summed E-state index contributed by atoms with van der Waals surface area (Å²) in [6.07, 6.45) is 2.57. The Morgan fingerprint density at radius 1 is 1.35 bits per heavy atom. The van der Waals surface area contributed by atoms with Gasteiger partial charge in [0.15, 0.2) is 0 Å². The first-order valence-electron chi connectivity index (χ1n) is 5.94. The van der Waals surface area contributed by atoms with Gasteiger partial charge in [-0.05, 0) is 12.8 Å². The van der Waals surface area contributed by atoms with Crippen LogP contribution in [0.1, 0.15) is 29.8 Å². The van der Waals surface area contributed by atoms with Gasteiger partial charge in [0.05, 0.1) is 21.5 Å². The monoisotopic (exact) mass is 336 g/mol. The van der Waals surface area contributed by atoms with Gasteiger partial charge in [0.2, 0.25) is 0 Å². The Kier molecular flexibility index (Phi) is 4.73. The van der Waals surface area contributed by atoms with Gasteiger partial charge >= 0.3 is 5.97 Å². The number of hydrogen-bond acceptors (Lipinski definition) is 3. The molecule has 1 fully saturated rings. The molecule has 1 aromatic rings. The van der Waals surface area contributed by atoms with Gasteiger partial charge in [-0.25, -0.2) is 4.98 Å². The van der Waals surface area contributed by atoms with Gasteiger partial charge in [-0.1, -0.05) is 34.8 Å². The minimum atomic E-state index is -0.942. The number of nitrogens with zero attached hydrogens (tertiary/aromatic N) is 2. The first-order chi connectivity index (χ1) is 9.41. The van der Waals surface area contributed by atoms with E-state index in [1.165, 1.54) is 11.1 Å². The van der Waals surface area contributed by atoms with Crippen molar-refractivity contribution in [3.63, 3.8) is 0 Å². The summed E-state index contributed by atoms with van der Waals surface area (Å²) in [6.45, 7) is 0.481. The molecule has 108 valence electrons. The van der Waals surface area contributed by atoms with E-state index in [2.05, 4.69) is 4.98 Å². The van der Waals surface area contributed by atoms with E-state index in [0.29, 0.717) is 13.0 Å². The molecule has 1 N–H and O–H groups in total. The highest BCUT2D eigenvalue weighted by molar-refractivity contribution is 6.48. The largest absolute Gasteiger partial charge is 0.481 e. The quantitative estimate of drug-likeness (QED) is 0.920. The molecule has 1 aliphatic rings. The van der Waals surface area contributed by atoms with Crippen molar-refractivity contribution in [1.29, 1.82) is 0 Å². The maximum Gasteiger partial charge on any atom is 0.305 e. The van der Waals surface area contributed by atoms with Crippen molar-refractivity contribution in [1.82, 2.24) is 9.88 Å². The topological polar surface area (TPSA) is 70.5 Å². The van der Waals surface area contributed by atoms with E-state index in [1.807, 2.05) is 0 Å². The molecule has 0 aliphatic carbocycles. The van der Waals surface area contributed by atoms with Crippen LogP contribution in [-0.2, 0) is 4.79 Å². The van der Waals surface area contributed by atoms with E-state index in [4.69, 9.17) is 39.9 Å². The number of carboxylic acid groups (broad SMARTS) is 1. The van der Waals surface area contributed by atoms with E-state index in [9.17, 15) is 9.59 Å². The average molecular weight is 338 g/mol. The van der Waals surface area contributed by atoms with Crippen molar-refractivity contribution in [2.75, 3.05) is 6.54 Å². The van der Waals surface area contributed by atoms with Gasteiger partial charge in [0.1, 0.15) is 5.69 Å². The SMILES string of the molecule is O=C(O)CC1CCCN1C(=O)c1ncc(Cl)c(Cl)c1Cl. The van der Waals surface area contributed by atoms with Crippen molar-refractivity contribution in [3.05, 3.63) is 27.0 Å². The molecule has 1 saturated heterocycles. The third-order valence-corrected chi connectivity index (χ3v) is 4.41. The normalized spacial score (nSPS) is 18.4. The molecule has 0 spiro atoms. The molecular formula is C12H11Cl3N2O3. The molecule has 0 bridgehead atoms. The van der Waals surface area contributed by atoms with Crippen molar-refractivity contribution < 1.29 is 14.7 Å². The molecule has 0 radical (unpaired) electrons. The minimum Gasteiger partial charge on any atom is -0.481 e. The Labute approximate surface area is 130 Å². The molecule has 20 heavy (non-hydrogen) atoms. The summed E-state index contributed by atoms with van der Waals surface area (Å²) in [5, 5.41) is 9.09. The van der Waals surface area contributed by atoms with Crippen LogP contribution in [0.2, 0.25) is 15.1 Å². The second kappa shape index (κ2) is 6.16. The maximum atomic E-state index is 12.4. The second-order valence-corrected chi connectivity index (χ2v) is 5.64. The summed E-state index contributed by atoms with van der Waals surface area (Å²) in [4.78, 5) is 28.6. The summed E-state index contributed by atoms with van der Waals surface area (Å²) in [6, 6.07) is -0.340. The van der Waals surface area contributed by atoms with Crippen LogP contribution in [0.4, 0.5) is 0 Å². The summed E-state index contributed by atoms with van der Waals surface area (Å²) < 4.78 is 0. The van der Waals surface area contributed by atoms with Gasteiger partial charge in [-0.15, -0.1) is 0 Å². The van der Waals surface area contributed by atoms with Gasteiger partial charge in [0, 0.05) is 18.8 Å². The summed E-state index contributed by atoms with van der Waals surface area (Å²) in [5.74, 6) is -1.36. The molecule has 2 heterocycles. The number of carbonyl (C=O) groups is 2. The third kappa shape index (κ3) is 3.00. The number of carbonyl (C=O) groups excluding carboxylic acids is 1. The number of aromatic nitrogens is 1. The van der Waals surface area contributed by atoms with Gasteiger partial charge < -0.3 is 10.0 Å². The first-order valence-corrected chi connectivity index (χ1v) is 7.07. The van der Waals surface area contributed by atoms with E-state index in [1.54, 1.807) is 0 Å². The Bertz CT molecular complexity index is 565. The van der Waals surface area contributed by atoms with Gasteiger partial charge in [-0.3, -0.25) is 9.59 Å². The number of pyridine rings is 1. The van der Waals surface area contributed by atoms with Crippen LogP contribution in [0.15, 0.2) is 6.20 Å². The lowest BCUT2D eigenvalue weighted by molar-refractivity contribution is -0.137. The highest BCUT2D eigenvalue weighted by Gasteiger charge is 2.33. The molecule has 1 amide bonds. The smallest absolute Gasteiger partial charge is 0.305 e. The molecule has 2 rings (SSSR count). The van der Waals surface area contributed by atoms with E-state index in [0.717, 1.165) is 6.42 Å². The Hall–Kier alpha value is -1.04. The Balaban J connectivity index is 2.27. The summed E-state index contributed by atoms with van der Waals surface area (Å²) in [5.41, 5.74) is -0.00152. The molecule has 0 aromatic carbocycles. The fourth-order valence-corrected chi connectivity index (χ4v) is 2.81. The molecule has 1 aliphatic heterocycles. The molecule has 1 unspecified atom stereocenters. The number of amides is 1. The predicted molar refractivity (Wildman–Crippen MR) is 75.6 cm³/mol. The van der Waals surface area contributed by atoms with Gasteiger partial charge in [0.25, 0.3) is 5.91 Å². The lowest BCUT2D eigenvalue weighted by Crippen LogP contribution is -2.37. The van der Waals surface area contributed by atoms with Crippen LogP contribution in [0.5, 0.6) is 0 Å². The number of carboxylic acids is 1. The van der Waals surface area contributed by atoms with Crippen LogP contribution >= 0.6 is 34.8 Å². The predicted octanol–water partition coefficient (Wildman–Crippen LogP) is 3.12. The second-order valence-electron chi connectivity index (χ2n) is 4.48. The zero-order valence-corrected chi connectivity index (χ0v) is 12.5. The highest BCUT2D eigenvalue weighted by atomic mass is 35.5. The number of aliphatic carboxylic acids is 1. The standard InChI is InChI=1S/C12H11Cl3N2O3/c13-7-5-16-11(10(15)9(7)14)12(20)17-3-1-2-6(17)4-8(18)19/h5-6H,1-4H2,(H,18,19). The molecular weight excluding hydrogens is 327 g/mol. The number of likely N-dealkylation sites (tertiary alicyclic amines) is 1. The van der Waals surface area contributed by atoms with Crippen molar-refractivity contribution in [2.24, 2.45) is 0 Å². The number of hydrogen-bond donors (Lipinski definition) is 1. The molecule has 1 atom stereocenters. The first kappa shape index (κ1) is 15.4. The molecule has 8 heteroatoms. The Morgan fingerprint density at radius 3 is 2.70 bits per heavy atom. The van der Waals surface area contributed by atoms with E-state index >= 15 is 0 Å². The third-order valence-electron chi connectivity index (χ3n) is 3.17. The lowest BCUT2D eigenvalue weighted by atomic mass is 10.1. The number of halogens is 3. The number of rotatable bonds is 3. The van der Waals surface area contributed by atoms with Crippen LogP contribution in [0.25, 0.3) is 0 Å². The van der Waals surface area contributed by atoms with Crippen LogP contribution in [0.3, 0.4) is 0 Å². The fourth-order valence-electron chi connectivity index (χ4n) is 2.25. The molecule has 1 aromatic heterocycles.